The van der Waals surface area contributed by atoms with E-state index >= 15 is 0 Å². The minimum Gasteiger partial charge on any atom is -0.492 e. The lowest BCUT2D eigenvalue weighted by Crippen LogP contribution is -2.15. The lowest BCUT2D eigenvalue weighted by Gasteiger charge is -2.21. The highest BCUT2D eigenvalue weighted by atomic mass is 16.5. The minimum atomic E-state index is -0.962. The summed E-state index contributed by atoms with van der Waals surface area (Å²) in [6, 6.07) is 1.57. The number of rotatable bonds is 1. The van der Waals surface area contributed by atoms with Crippen molar-refractivity contribution in [1.82, 2.24) is 0 Å². The van der Waals surface area contributed by atoms with Crippen molar-refractivity contribution < 1.29 is 14.6 Å². The van der Waals surface area contributed by atoms with Crippen molar-refractivity contribution in [3.05, 3.63) is 22.8 Å². The Morgan fingerprint density at radius 3 is 3.00 bits per heavy atom. The molecule has 3 N–H and O–H groups in total. The fourth-order valence-electron chi connectivity index (χ4n) is 1.88. The molecule has 15 heavy (non-hydrogen) atoms. The molecule has 0 aromatic heterocycles. The number of ether oxygens (including phenoxy) is 1. The summed E-state index contributed by atoms with van der Waals surface area (Å²) in [5, 5.41) is 9.04. The van der Waals surface area contributed by atoms with E-state index in [4.69, 9.17) is 15.6 Å². The van der Waals surface area contributed by atoms with Crippen molar-refractivity contribution in [1.29, 1.82) is 0 Å². The first kappa shape index (κ1) is 9.83. The molecular weight excluding hydrogens is 194 g/mol. The van der Waals surface area contributed by atoms with Crippen LogP contribution in [-0.4, -0.2) is 17.7 Å². The van der Waals surface area contributed by atoms with Crippen LogP contribution >= 0.6 is 0 Å². The van der Waals surface area contributed by atoms with Gasteiger partial charge in [0.15, 0.2) is 0 Å². The normalized spacial score (nSPS) is 14.2. The molecule has 0 bridgehead atoms. The number of aryl methyl sites for hydroxylation is 1. The Labute approximate surface area is 87.7 Å². The molecule has 4 heteroatoms. The Morgan fingerprint density at radius 2 is 2.33 bits per heavy atom. The van der Waals surface area contributed by atoms with E-state index in [1.165, 1.54) is 0 Å². The van der Waals surface area contributed by atoms with Gasteiger partial charge in [-0.05, 0) is 31.4 Å². The van der Waals surface area contributed by atoms with Gasteiger partial charge in [0.2, 0.25) is 0 Å². The van der Waals surface area contributed by atoms with E-state index in [2.05, 4.69) is 0 Å². The van der Waals surface area contributed by atoms with Gasteiger partial charge in [0, 0.05) is 11.3 Å². The van der Waals surface area contributed by atoms with Crippen LogP contribution in [0.3, 0.4) is 0 Å². The first-order valence-corrected chi connectivity index (χ1v) is 4.89. The number of hydrogen-bond donors (Lipinski definition) is 2. The minimum absolute atomic E-state index is 0.219. The molecule has 0 amide bonds. The number of hydrogen-bond acceptors (Lipinski definition) is 3. The van der Waals surface area contributed by atoms with Gasteiger partial charge in [-0.15, -0.1) is 0 Å². The predicted molar refractivity (Wildman–Crippen MR) is 56.4 cm³/mol. The van der Waals surface area contributed by atoms with Gasteiger partial charge in [-0.3, -0.25) is 0 Å². The van der Waals surface area contributed by atoms with Gasteiger partial charge in [-0.2, -0.15) is 0 Å². The number of nitrogens with two attached hydrogens (primary N) is 1. The highest BCUT2D eigenvalue weighted by Gasteiger charge is 2.22. The molecule has 0 spiro atoms. The second-order valence-corrected chi connectivity index (χ2v) is 3.72. The lowest BCUT2D eigenvalue weighted by molar-refractivity contribution is 0.0691. The van der Waals surface area contributed by atoms with Gasteiger partial charge >= 0.3 is 5.97 Å². The van der Waals surface area contributed by atoms with Crippen LogP contribution in [0.5, 0.6) is 5.75 Å². The zero-order valence-electron chi connectivity index (χ0n) is 8.54. The quantitative estimate of drug-likeness (QED) is 0.686. The van der Waals surface area contributed by atoms with Gasteiger partial charge in [-0.1, -0.05) is 0 Å². The number of carboxylic acids is 1. The molecule has 0 saturated heterocycles. The van der Waals surface area contributed by atoms with Crippen molar-refractivity contribution in [2.75, 3.05) is 12.3 Å². The Hall–Kier alpha value is -1.71. The number of fused-ring (bicyclic) bond motifs is 1. The van der Waals surface area contributed by atoms with Crippen molar-refractivity contribution in [3.8, 4) is 5.75 Å². The molecule has 1 aliphatic rings. The van der Waals surface area contributed by atoms with Crippen LogP contribution in [-0.2, 0) is 6.42 Å². The number of carbonyl (C=O) groups is 1. The first-order chi connectivity index (χ1) is 7.11. The molecule has 1 aliphatic heterocycles. The number of aromatic carboxylic acids is 1. The smallest absolute Gasteiger partial charge is 0.339 e. The number of nitrogen functional groups attached to an aromatic ring is 1. The zero-order chi connectivity index (χ0) is 11.0. The Bertz CT molecular complexity index is 426. The van der Waals surface area contributed by atoms with Gasteiger partial charge in [-0.25, -0.2) is 4.79 Å². The molecule has 1 aromatic rings. The van der Waals surface area contributed by atoms with Crippen molar-refractivity contribution in [3.63, 3.8) is 0 Å². The van der Waals surface area contributed by atoms with Crippen LogP contribution < -0.4 is 10.5 Å². The van der Waals surface area contributed by atoms with Crippen molar-refractivity contribution >= 4 is 11.7 Å². The lowest BCUT2D eigenvalue weighted by atomic mass is 9.97. The number of benzene rings is 1. The molecular formula is C11H13NO3. The van der Waals surface area contributed by atoms with Crippen molar-refractivity contribution in [2.45, 2.75) is 19.8 Å². The summed E-state index contributed by atoms with van der Waals surface area (Å²) < 4.78 is 5.39. The molecule has 0 atom stereocenters. The summed E-state index contributed by atoms with van der Waals surface area (Å²) in [4.78, 5) is 11.0. The third kappa shape index (κ3) is 1.52. The van der Waals surface area contributed by atoms with Crippen LogP contribution in [0.15, 0.2) is 6.07 Å². The highest BCUT2D eigenvalue weighted by molar-refractivity contribution is 5.93. The van der Waals surface area contributed by atoms with Crippen molar-refractivity contribution in [2.24, 2.45) is 0 Å². The fraction of sp³-hybridized carbons (Fsp3) is 0.364. The van der Waals surface area contributed by atoms with E-state index < -0.39 is 5.97 Å². The Morgan fingerprint density at radius 1 is 1.60 bits per heavy atom. The summed E-state index contributed by atoms with van der Waals surface area (Å²) in [5.41, 5.74) is 8.43. The second-order valence-electron chi connectivity index (χ2n) is 3.72. The van der Waals surface area contributed by atoms with E-state index in [9.17, 15) is 4.79 Å². The van der Waals surface area contributed by atoms with E-state index in [1.54, 1.807) is 6.07 Å². The second kappa shape index (κ2) is 3.46. The molecule has 1 aromatic carbocycles. The Kier molecular flexibility index (Phi) is 2.26. The molecule has 0 unspecified atom stereocenters. The van der Waals surface area contributed by atoms with Crippen LogP contribution in [0.1, 0.15) is 27.9 Å². The summed E-state index contributed by atoms with van der Waals surface area (Å²) >= 11 is 0. The summed E-state index contributed by atoms with van der Waals surface area (Å²) in [5.74, 6) is -0.506. The molecule has 0 fully saturated rings. The first-order valence-electron chi connectivity index (χ1n) is 4.89. The average molecular weight is 207 g/mol. The molecule has 2 rings (SSSR count). The zero-order valence-corrected chi connectivity index (χ0v) is 8.54. The maximum atomic E-state index is 11.0. The van der Waals surface area contributed by atoms with Gasteiger partial charge in [0.25, 0.3) is 0 Å². The fourth-order valence-corrected chi connectivity index (χ4v) is 1.88. The molecule has 0 saturated carbocycles. The summed E-state index contributed by atoms with van der Waals surface area (Å²) in [6.45, 7) is 2.38. The largest absolute Gasteiger partial charge is 0.492 e. The third-order valence-corrected chi connectivity index (χ3v) is 2.68. The molecule has 4 nitrogen and oxygen atoms in total. The topological polar surface area (TPSA) is 72.5 Å². The maximum Gasteiger partial charge on any atom is 0.339 e. The average Bonchev–Trinajstić information content (AvgIpc) is 2.23. The standard InChI is InChI=1S/C11H13NO3/c1-6-5-8(11(13)14)10-7(9(6)12)3-2-4-15-10/h5H,2-4,12H2,1H3,(H,13,14). The van der Waals surface area contributed by atoms with Gasteiger partial charge in [0.05, 0.1) is 6.61 Å². The monoisotopic (exact) mass is 207 g/mol. The molecule has 0 radical (unpaired) electrons. The van der Waals surface area contributed by atoms with E-state index in [0.717, 1.165) is 24.0 Å². The molecule has 1 heterocycles. The van der Waals surface area contributed by atoms with E-state index in [-0.39, 0.29) is 5.56 Å². The van der Waals surface area contributed by atoms with Gasteiger partial charge < -0.3 is 15.6 Å². The predicted octanol–water partition coefficient (Wildman–Crippen LogP) is 1.60. The third-order valence-electron chi connectivity index (χ3n) is 2.68. The van der Waals surface area contributed by atoms with E-state index in [1.807, 2.05) is 6.92 Å². The highest BCUT2D eigenvalue weighted by Crippen LogP contribution is 2.35. The number of carboxylic acid groups (broad SMARTS) is 1. The van der Waals surface area contributed by atoms with Crippen LogP contribution in [0.4, 0.5) is 5.69 Å². The summed E-state index contributed by atoms with van der Waals surface area (Å²) in [7, 11) is 0. The molecule has 80 valence electrons. The SMILES string of the molecule is Cc1cc(C(=O)O)c2c(c1N)CCCO2. The Balaban J connectivity index is 2.67. The maximum absolute atomic E-state index is 11.0. The van der Waals surface area contributed by atoms with Gasteiger partial charge in [0.1, 0.15) is 11.3 Å². The van der Waals surface area contributed by atoms with E-state index in [0.29, 0.717) is 18.0 Å². The van der Waals surface area contributed by atoms with Crippen LogP contribution in [0.25, 0.3) is 0 Å². The van der Waals surface area contributed by atoms with Crippen LogP contribution in [0, 0.1) is 6.92 Å². The number of anilines is 1. The molecule has 0 aliphatic carbocycles. The summed E-state index contributed by atoms with van der Waals surface area (Å²) in [6.07, 6.45) is 1.68. The van der Waals surface area contributed by atoms with Crippen LogP contribution in [0.2, 0.25) is 0 Å².